The van der Waals surface area contributed by atoms with Crippen LogP contribution in [0.2, 0.25) is 0 Å². The molecule has 174 valence electrons. The molecule has 0 saturated carbocycles. The number of pyridine rings is 1. The predicted octanol–water partition coefficient (Wildman–Crippen LogP) is 3.62. The van der Waals surface area contributed by atoms with E-state index in [-0.39, 0.29) is 17.9 Å². The summed E-state index contributed by atoms with van der Waals surface area (Å²) in [6, 6.07) is 21.3. The van der Waals surface area contributed by atoms with Crippen molar-refractivity contribution in [2.75, 3.05) is 19.6 Å². The van der Waals surface area contributed by atoms with Crippen LogP contribution in [0.5, 0.6) is 0 Å². The Balaban J connectivity index is 1.33. The average molecular weight is 462 g/mol. The number of benzene rings is 2. The summed E-state index contributed by atoms with van der Waals surface area (Å²) >= 11 is 0. The van der Waals surface area contributed by atoms with E-state index in [2.05, 4.69) is 63.3 Å². The highest BCUT2D eigenvalue weighted by Crippen LogP contribution is 2.36. The van der Waals surface area contributed by atoms with Gasteiger partial charge in [0.2, 0.25) is 5.91 Å². The van der Waals surface area contributed by atoms with E-state index >= 15 is 0 Å². The summed E-state index contributed by atoms with van der Waals surface area (Å²) in [7, 11) is 0. The van der Waals surface area contributed by atoms with Gasteiger partial charge in [-0.25, -0.2) is 0 Å². The predicted molar refractivity (Wildman–Crippen MR) is 134 cm³/mol. The van der Waals surface area contributed by atoms with Gasteiger partial charge in [0.05, 0.1) is 37.3 Å². The van der Waals surface area contributed by atoms with Crippen molar-refractivity contribution in [3.05, 3.63) is 99.9 Å². The van der Waals surface area contributed by atoms with Crippen molar-refractivity contribution < 1.29 is 4.79 Å². The second kappa shape index (κ2) is 8.75. The molecule has 0 unspecified atom stereocenters. The summed E-state index contributed by atoms with van der Waals surface area (Å²) < 4.78 is 0. The number of rotatable bonds is 4. The molecule has 2 atom stereocenters. The second-order valence-corrected chi connectivity index (χ2v) is 9.76. The number of carbonyl (C=O) groups is 1. The van der Waals surface area contributed by atoms with Crippen LogP contribution in [-0.4, -0.2) is 52.1 Å². The Morgan fingerprint density at radius 3 is 2.71 bits per heavy atom. The molecule has 0 radical (unpaired) electrons. The minimum Gasteiger partial charge on any atom is -0.333 e. The van der Waals surface area contributed by atoms with Crippen molar-refractivity contribution in [1.29, 1.82) is 5.26 Å². The highest BCUT2D eigenvalue weighted by Gasteiger charge is 2.41. The fraction of sp³-hybridized carbons (Fsp3) is 0.310. The molecule has 6 rings (SSSR count). The number of aryl methyl sites for hydroxylation is 1. The van der Waals surface area contributed by atoms with Crippen LogP contribution in [0.1, 0.15) is 45.0 Å². The lowest BCUT2D eigenvalue weighted by Gasteiger charge is -2.37. The largest absolute Gasteiger partial charge is 0.333 e. The van der Waals surface area contributed by atoms with Gasteiger partial charge in [-0.3, -0.25) is 19.7 Å². The Labute approximate surface area is 205 Å². The minimum absolute atomic E-state index is 0.0515. The van der Waals surface area contributed by atoms with Crippen LogP contribution in [0.3, 0.4) is 0 Å². The van der Waals surface area contributed by atoms with Gasteiger partial charge in [0.15, 0.2) is 0 Å². The molecular weight excluding hydrogens is 434 g/mol. The SMILES string of the molecule is Cc1cc(C2=NCc3cc4c(cc32)CN([C@@H]2CN(CC#N)C[C@H]2c2ccccc2)C(=O)C4)ccn1. The van der Waals surface area contributed by atoms with E-state index in [0.29, 0.717) is 26.1 Å². The van der Waals surface area contributed by atoms with Crippen molar-refractivity contribution in [3.8, 4) is 6.07 Å². The first-order chi connectivity index (χ1) is 17.1. The first-order valence-electron chi connectivity index (χ1n) is 12.2. The normalized spacial score (nSPS) is 21.4. The number of hydrogen-bond donors (Lipinski definition) is 0. The van der Waals surface area contributed by atoms with Gasteiger partial charge >= 0.3 is 0 Å². The van der Waals surface area contributed by atoms with Crippen molar-refractivity contribution in [1.82, 2.24) is 14.8 Å². The van der Waals surface area contributed by atoms with E-state index in [1.54, 1.807) is 0 Å². The zero-order chi connectivity index (χ0) is 23.9. The number of carbonyl (C=O) groups excluding carboxylic acids is 1. The van der Waals surface area contributed by atoms with Gasteiger partial charge < -0.3 is 4.90 Å². The standard InChI is InChI=1S/C29H27N5O/c1-19-11-21(7-9-31-19)29-25-13-24-16-34(28(35)14-22(24)12-23(25)15-32-29)27-18-33(10-8-30)17-26(27)20-5-3-2-4-6-20/h2-7,9,11-13,26-27H,10,14-18H2,1H3/t26-,27+/m0/s1. The molecule has 1 aromatic heterocycles. The average Bonchev–Trinajstić information content (AvgIpc) is 3.47. The fourth-order valence-corrected chi connectivity index (χ4v) is 5.87. The summed E-state index contributed by atoms with van der Waals surface area (Å²) in [5.41, 5.74) is 8.99. The van der Waals surface area contributed by atoms with Crippen LogP contribution in [0.15, 0.2) is 65.8 Å². The number of aliphatic imine (C=N–C) groups is 1. The molecule has 2 aromatic carbocycles. The van der Waals surface area contributed by atoms with Crippen molar-refractivity contribution >= 4 is 11.6 Å². The Morgan fingerprint density at radius 1 is 1.06 bits per heavy atom. The lowest BCUT2D eigenvalue weighted by atomic mass is 9.88. The first kappa shape index (κ1) is 21.7. The molecule has 0 bridgehead atoms. The van der Waals surface area contributed by atoms with Crippen LogP contribution >= 0.6 is 0 Å². The zero-order valence-corrected chi connectivity index (χ0v) is 19.8. The third-order valence-corrected chi connectivity index (χ3v) is 7.55. The Bertz CT molecular complexity index is 1370. The van der Waals surface area contributed by atoms with Gasteiger partial charge in [0.25, 0.3) is 0 Å². The lowest BCUT2D eigenvalue weighted by molar-refractivity contribution is -0.134. The summed E-state index contributed by atoms with van der Waals surface area (Å²) in [6.07, 6.45) is 2.25. The molecule has 3 aliphatic heterocycles. The molecule has 0 N–H and O–H groups in total. The fourth-order valence-electron chi connectivity index (χ4n) is 5.87. The Hall–Kier alpha value is -3.82. The van der Waals surface area contributed by atoms with Crippen LogP contribution in [0.25, 0.3) is 0 Å². The number of nitrogens with zero attached hydrogens (tertiary/aromatic N) is 5. The molecule has 3 aliphatic rings. The molecule has 6 nitrogen and oxygen atoms in total. The molecule has 35 heavy (non-hydrogen) atoms. The number of likely N-dealkylation sites (tertiary alicyclic amines) is 1. The van der Waals surface area contributed by atoms with Gasteiger partial charge in [-0.2, -0.15) is 5.26 Å². The third kappa shape index (κ3) is 3.92. The van der Waals surface area contributed by atoms with Gasteiger partial charge in [-0.15, -0.1) is 0 Å². The summed E-state index contributed by atoms with van der Waals surface area (Å²) in [6.45, 7) is 5.15. The number of nitriles is 1. The molecule has 3 aromatic rings. The molecule has 6 heteroatoms. The van der Waals surface area contributed by atoms with Gasteiger partial charge in [0, 0.05) is 48.6 Å². The van der Waals surface area contributed by atoms with Crippen molar-refractivity contribution in [2.45, 2.75) is 38.4 Å². The summed E-state index contributed by atoms with van der Waals surface area (Å²) in [5, 5.41) is 9.30. The quantitative estimate of drug-likeness (QED) is 0.557. The van der Waals surface area contributed by atoms with Crippen LogP contribution < -0.4 is 0 Å². The molecule has 0 aliphatic carbocycles. The molecular formula is C29H27N5O. The Kier molecular flexibility index (Phi) is 5.43. The van der Waals surface area contributed by atoms with E-state index in [1.165, 1.54) is 22.3 Å². The maximum absolute atomic E-state index is 13.4. The zero-order valence-electron chi connectivity index (χ0n) is 19.8. The second-order valence-electron chi connectivity index (χ2n) is 9.76. The van der Waals surface area contributed by atoms with E-state index in [1.807, 2.05) is 25.3 Å². The maximum atomic E-state index is 13.4. The number of amides is 1. The van der Waals surface area contributed by atoms with E-state index in [0.717, 1.165) is 35.6 Å². The van der Waals surface area contributed by atoms with E-state index in [9.17, 15) is 10.1 Å². The van der Waals surface area contributed by atoms with Crippen LogP contribution in [-0.2, 0) is 24.3 Å². The highest BCUT2D eigenvalue weighted by molar-refractivity contribution is 6.15. The van der Waals surface area contributed by atoms with Crippen molar-refractivity contribution in [3.63, 3.8) is 0 Å². The molecule has 1 saturated heterocycles. The third-order valence-electron chi connectivity index (χ3n) is 7.55. The topological polar surface area (TPSA) is 72.6 Å². The summed E-state index contributed by atoms with van der Waals surface area (Å²) in [4.78, 5) is 26.8. The van der Waals surface area contributed by atoms with Gasteiger partial charge in [-0.1, -0.05) is 36.4 Å². The lowest BCUT2D eigenvalue weighted by Crippen LogP contribution is -2.47. The minimum atomic E-state index is 0.0515. The first-order valence-corrected chi connectivity index (χ1v) is 12.2. The van der Waals surface area contributed by atoms with Crippen LogP contribution in [0, 0.1) is 18.3 Å². The molecule has 0 spiro atoms. The monoisotopic (exact) mass is 461 g/mol. The van der Waals surface area contributed by atoms with Gasteiger partial charge in [0.1, 0.15) is 0 Å². The van der Waals surface area contributed by atoms with E-state index < -0.39 is 0 Å². The molecule has 4 heterocycles. The number of fused-ring (bicyclic) bond motifs is 2. The molecule has 1 fully saturated rings. The molecule has 1 amide bonds. The Morgan fingerprint density at radius 2 is 1.91 bits per heavy atom. The highest BCUT2D eigenvalue weighted by atomic mass is 16.2. The van der Waals surface area contributed by atoms with E-state index in [4.69, 9.17) is 4.99 Å². The smallest absolute Gasteiger partial charge is 0.227 e. The van der Waals surface area contributed by atoms with Crippen LogP contribution in [0.4, 0.5) is 0 Å². The summed E-state index contributed by atoms with van der Waals surface area (Å²) in [5.74, 6) is 0.368. The number of hydrogen-bond acceptors (Lipinski definition) is 5. The maximum Gasteiger partial charge on any atom is 0.227 e. The van der Waals surface area contributed by atoms with Gasteiger partial charge in [-0.05, 0) is 47.4 Å². The number of aromatic nitrogens is 1. The van der Waals surface area contributed by atoms with Crippen molar-refractivity contribution in [2.24, 2.45) is 4.99 Å².